The van der Waals surface area contributed by atoms with Crippen LogP contribution in [-0.2, 0) is 0 Å². The van der Waals surface area contributed by atoms with Crippen molar-refractivity contribution in [2.75, 3.05) is 5.32 Å². The maximum Gasteiger partial charge on any atom is 0.366 e. The number of hydrogen-bond acceptors (Lipinski definition) is 4. The van der Waals surface area contributed by atoms with Gasteiger partial charge in [0.1, 0.15) is 12.0 Å². The van der Waals surface area contributed by atoms with Gasteiger partial charge < -0.3 is 15.4 Å². The third-order valence-corrected chi connectivity index (χ3v) is 2.52. The fourth-order valence-electron chi connectivity index (χ4n) is 1.62. The van der Waals surface area contributed by atoms with Gasteiger partial charge in [0.25, 0.3) is 0 Å². The molecule has 0 saturated heterocycles. The first-order chi connectivity index (χ1) is 8.58. The number of nitrogens with zero attached hydrogens (tertiary/aromatic N) is 2. The van der Waals surface area contributed by atoms with Gasteiger partial charge in [0.2, 0.25) is 0 Å². The maximum absolute atomic E-state index is 13.1. The molecule has 1 unspecified atom stereocenters. The zero-order valence-corrected chi connectivity index (χ0v) is 9.55. The van der Waals surface area contributed by atoms with Crippen molar-refractivity contribution < 1.29 is 9.31 Å². The van der Waals surface area contributed by atoms with Gasteiger partial charge in [-0.15, -0.1) is 5.10 Å². The lowest BCUT2D eigenvalue weighted by molar-refractivity contribution is -0.388. The van der Waals surface area contributed by atoms with Crippen molar-refractivity contribution in [1.29, 1.82) is 0 Å². The summed E-state index contributed by atoms with van der Waals surface area (Å²) in [5.74, 6) is -0.555. The summed E-state index contributed by atoms with van der Waals surface area (Å²) in [5, 5.41) is 19.5. The van der Waals surface area contributed by atoms with E-state index >= 15 is 0 Å². The van der Waals surface area contributed by atoms with Gasteiger partial charge in [-0.3, -0.25) is 0 Å². The number of benzene rings is 1. The summed E-state index contributed by atoms with van der Waals surface area (Å²) in [5.41, 5.74) is 0.974. The van der Waals surface area contributed by atoms with E-state index in [0.29, 0.717) is 5.56 Å². The topological polar surface area (TPSA) is 83.8 Å². The Kier molecular flexibility index (Phi) is 3.22. The number of nitro groups is 1. The monoisotopic (exact) mass is 250 g/mol. The molecule has 0 radical (unpaired) electrons. The smallest absolute Gasteiger partial charge is 0.366 e. The second kappa shape index (κ2) is 4.82. The summed E-state index contributed by atoms with van der Waals surface area (Å²) in [6.07, 6.45) is 1.33. The van der Waals surface area contributed by atoms with E-state index in [4.69, 9.17) is 0 Å². The molecule has 0 aliphatic carbocycles. The van der Waals surface area contributed by atoms with Crippen LogP contribution in [0.1, 0.15) is 18.5 Å². The van der Waals surface area contributed by atoms with Crippen molar-refractivity contribution >= 4 is 11.5 Å². The molecule has 2 N–H and O–H groups in total. The van der Waals surface area contributed by atoms with Crippen LogP contribution in [0.5, 0.6) is 0 Å². The molecule has 1 atom stereocenters. The number of hydrogen-bond donors (Lipinski definition) is 2. The van der Waals surface area contributed by atoms with E-state index < -0.39 is 4.92 Å². The van der Waals surface area contributed by atoms with Gasteiger partial charge in [0.05, 0.1) is 0 Å². The highest BCUT2D eigenvalue weighted by Crippen LogP contribution is 2.25. The lowest BCUT2D eigenvalue weighted by atomic mass is 10.1. The SMILES string of the molecule is CC(Nc1cn[nH]c1[N+](=O)[O-])c1cccc(F)c1. The lowest BCUT2D eigenvalue weighted by Crippen LogP contribution is -2.07. The summed E-state index contributed by atoms with van der Waals surface area (Å²) in [6, 6.07) is 5.79. The van der Waals surface area contributed by atoms with Gasteiger partial charge in [-0.2, -0.15) is 0 Å². The van der Waals surface area contributed by atoms with Crippen molar-refractivity contribution in [3.63, 3.8) is 0 Å². The van der Waals surface area contributed by atoms with Gasteiger partial charge in [0.15, 0.2) is 5.69 Å². The normalized spacial score (nSPS) is 12.1. The van der Waals surface area contributed by atoms with E-state index in [1.54, 1.807) is 19.1 Å². The molecule has 1 aromatic heterocycles. The van der Waals surface area contributed by atoms with Gasteiger partial charge in [-0.1, -0.05) is 17.2 Å². The van der Waals surface area contributed by atoms with Gasteiger partial charge >= 0.3 is 5.82 Å². The molecular formula is C11H11FN4O2. The van der Waals surface area contributed by atoms with E-state index in [0.717, 1.165) is 0 Å². The predicted molar refractivity (Wildman–Crippen MR) is 63.7 cm³/mol. The fraction of sp³-hybridized carbons (Fsp3) is 0.182. The number of anilines is 1. The highest BCUT2D eigenvalue weighted by atomic mass is 19.1. The number of aromatic nitrogens is 2. The predicted octanol–water partition coefficient (Wildman–Crippen LogP) is 2.63. The molecule has 1 heterocycles. The molecule has 0 spiro atoms. The van der Waals surface area contributed by atoms with Crippen molar-refractivity contribution in [1.82, 2.24) is 10.2 Å². The standard InChI is InChI=1S/C11H11FN4O2/c1-7(8-3-2-4-9(12)5-8)14-10-6-13-15-11(10)16(17)18/h2-7,14H,1H3,(H,13,15). The van der Waals surface area contributed by atoms with Crippen molar-refractivity contribution in [3.05, 3.63) is 52.0 Å². The Bertz CT molecular complexity index is 570. The van der Waals surface area contributed by atoms with Gasteiger partial charge in [0, 0.05) is 6.04 Å². The highest BCUT2D eigenvalue weighted by molar-refractivity contribution is 5.56. The van der Waals surface area contributed by atoms with Crippen LogP contribution in [0, 0.1) is 15.9 Å². The first-order valence-electron chi connectivity index (χ1n) is 5.27. The molecule has 0 fully saturated rings. The minimum atomic E-state index is -0.562. The largest absolute Gasteiger partial charge is 0.370 e. The Labute approximate surface area is 102 Å². The zero-order chi connectivity index (χ0) is 13.1. The molecule has 94 valence electrons. The van der Waals surface area contributed by atoms with Crippen molar-refractivity contribution in [2.45, 2.75) is 13.0 Å². The molecular weight excluding hydrogens is 239 g/mol. The third kappa shape index (κ3) is 2.45. The number of aromatic amines is 1. The average Bonchev–Trinajstić information content (AvgIpc) is 2.77. The van der Waals surface area contributed by atoms with E-state index in [2.05, 4.69) is 15.5 Å². The van der Waals surface area contributed by atoms with Crippen LogP contribution < -0.4 is 5.32 Å². The molecule has 18 heavy (non-hydrogen) atoms. The molecule has 0 aliphatic rings. The minimum Gasteiger partial charge on any atom is -0.370 e. The first kappa shape index (κ1) is 12.0. The number of H-pyrrole nitrogens is 1. The molecule has 6 nitrogen and oxygen atoms in total. The fourth-order valence-corrected chi connectivity index (χ4v) is 1.62. The van der Waals surface area contributed by atoms with E-state index in [9.17, 15) is 14.5 Å². The number of halogens is 1. The summed E-state index contributed by atoms with van der Waals surface area (Å²) >= 11 is 0. The summed E-state index contributed by atoms with van der Waals surface area (Å²) in [4.78, 5) is 10.1. The molecule has 2 aromatic rings. The summed E-state index contributed by atoms with van der Waals surface area (Å²) in [7, 11) is 0. The molecule has 0 bridgehead atoms. The van der Waals surface area contributed by atoms with E-state index in [-0.39, 0.29) is 23.4 Å². The Hall–Kier alpha value is -2.44. The molecule has 2 rings (SSSR count). The van der Waals surface area contributed by atoms with Crippen LogP contribution in [0.3, 0.4) is 0 Å². The van der Waals surface area contributed by atoms with E-state index in [1.807, 2.05) is 0 Å². The van der Waals surface area contributed by atoms with Crippen LogP contribution in [0.4, 0.5) is 15.9 Å². The van der Waals surface area contributed by atoms with Crippen LogP contribution in [0.15, 0.2) is 30.5 Å². The Morgan fingerprint density at radius 2 is 2.33 bits per heavy atom. The number of rotatable bonds is 4. The van der Waals surface area contributed by atoms with Crippen LogP contribution in [-0.4, -0.2) is 15.1 Å². The van der Waals surface area contributed by atoms with E-state index in [1.165, 1.54) is 18.3 Å². The molecule has 0 saturated carbocycles. The number of nitrogens with one attached hydrogen (secondary N) is 2. The van der Waals surface area contributed by atoms with Gasteiger partial charge in [-0.25, -0.2) is 4.39 Å². The second-order valence-electron chi connectivity index (χ2n) is 3.81. The van der Waals surface area contributed by atoms with Crippen molar-refractivity contribution in [2.24, 2.45) is 0 Å². The van der Waals surface area contributed by atoms with Crippen LogP contribution >= 0.6 is 0 Å². The second-order valence-corrected chi connectivity index (χ2v) is 3.81. The summed E-state index contributed by atoms with van der Waals surface area (Å²) in [6.45, 7) is 1.78. The Morgan fingerprint density at radius 1 is 1.56 bits per heavy atom. The highest BCUT2D eigenvalue weighted by Gasteiger charge is 2.17. The summed E-state index contributed by atoms with van der Waals surface area (Å²) < 4.78 is 13.1. The third-order valence-electron chi connectivity index (χ3n) is 2.52. The Morgan fingerprint density at radius 3 is 3.00 bits per heavy atom. The Balaban J connectivity index is 2.18. The molecule has 0 amide bonds. The van der Waals surface area contributed by atoms with Crippen molar-refractivity contribution in [3.8, 4) is 0 Å². The van der Waals surface area contributed by atoms with Gasteiger partial charge in [-0.05, 0) is 29.5 Å². The maximum atomic E-state index is 13.1. The molecule has 0 aliphatic heterocycles. The zero-order valence-electron chi connectivity index (χ0n) is 9.55. The first-order valence-corrected chi connectivity index (χ1v) is 5.27. The van der Waals surface area contributed by atoms with Crippen LogP contribution in [0.2, 0.25) is 0 Å². The lowest BCUT2D eigenvalue weighted by Gasteiger charge is -2.13. The average molecular weight is 250 g/mol. The quantitative estimate of drug-likeness (QED) is 0.645. The molecule has 7 heteroatoms. The van der Waals surface area contributed by atoms with Crippen LogP contribution in [0.25, 0.3) is 0 Å². The minimum absolute atomic E-state index is 0.210. The molecule has 1 aromatic carbocycles.